The highest BCUT2D eigenvalue weighted by Crippen LogP contribution is 2.21. The van der Waals surface area contributed by atoms with Gasteiger partial charge in [0.25, 0.3) is 0 Å². The van der Waals surface area contributed by atoms with Gasteiger partial charge in [0.2, 0.25) is 0 Å². The van der Waals surface area contributed by atoms with Gasteiger partial charge in [-0.3, -0.25) is 0 Å². The highest BCUT2D eigenvalue weighted by molar-refractivity contribution is 7.90. The lowest BCUT2D eigenvalue weighted by atomic mass is 10.2. The van der Waals surface area contributed by atoms with E-state index in [9.17, 15) is 23.1 Å². The van der Waals surface area contributed by atoms with Gasteiger partial charge >= 0.3 is 12.0 Å². The van der Waals surface area contributed by atoms with Crippen LogP contribution >= 0.6 is 0 Å². The highest BCUT2D eigenvalue weighted by Gasteiger charge is 2.15. The summed E-state index contributed by atoms with van der Waals surface area (Å²) in [7, 11) is -3.22. The van der Waals surface area contributed by atoms with Crippen LogP contribution in [0.5, 0.6) is 5.75 Å². The molecule has 0 aliphatic heterocycles. The molecule has 116 valence electrons. The van der Waals surface area contributed by atoms with Crippen molar-refractivity contribution in [3.05, 3.63) is 23.8 Å². The molecule has 4 N–H and O–H groups in total. The second-order valence-electron chi connectivity index (χ2n) is 4.63. The summed E-state index contributed by atoms with van der Waals surface area (Å²) >= 11 is 0. The standard InChI is InChI=1S/C12H16N2O6S/c1-7(6-21(2,19)20)13-12(18)14-8-3-4-10(15)9(5-8)11(16)17/h3-5,7,15H,6H2,1-2H3,(H,16,17)(H2,13,14,18). The smallest absolute Gasteiger partial charge is 0.339 e. The molecule has 0 aromatic heterocycles. The van der Waals surface area contributed by atoms with Crippen LogP contribution in [0.1, 0.15) is 17.3 Å². The first-order chi connectivity index (χ1) is 9.58. The number of carbonyl (C=O) groups is 2. The summed E-state index contributed by atoms with van der Waals surface area (Å²) < 4.78 is 22.1. The Morgan fingerprint density at radius 2 is 1.95 bits per heavy atom. The van der Waals surface area contributed by atoms with Crippen LogP contribution in [-0.2, 0) is 9.84 Å². The van der Waals surface area contributed by atoms with E-state index >= 15 is 0 Å². The van der Waals surface area contributed by atoms with Gasteiger partial charge in [0.1, 0.15) is 21.2 Å². The SMILES string of the molecule is CC(CS(C)(=O)=O)NC(=O)Nc1ccc(O)c(C(=O)O)c1. The zero-order valence-corrected chi connectivity index (χ0v) is 12.3. The van der Waals surface area contributed by atoms with Crippen molar-refractivity contribution in [2.75, 3.05) is 17.3 Å². The summed E-state index contributed by atoms with van der Waals surface area (Å²) in [6.07, 6.45) is 1.06. The molecule has 1 aromatic rings. The molecule has 0 saturated heterocycles. The lowest BCUT2D eigenvalue weighted by Crippen LogP contribution is -2.39. The van der Waals surface area contributed by atoms with Crippen molar-refractivity contribution < 1.29 is 28.2 Å². The minimum Gasteiger partial charge on any atom is -0.507 e. The number of anilines is 1. The molecule has 0 saturated carbocycles. The number of nitrogens with one attached hydrogen (secondary N) is 2. The van der Waals surface area contributed by atoms with E-state index in [0.29, 0.717) is 0 Å². The monoisotopic (exact) mass is 316 g/mol. The molecular formula is C12H16N2O6S. The highest BCUT2D eigenvalue weighted by atomic mass is 32.2. The van der Waals surface area contributed by atoms with E-state index in [1.165, 1.54) is 13.0 Å². The van der Waals surface area contributed by atoms with Crippen molar-refractivity contribution in [1.29, 1.82) is 0 Å². The molecule has 1 atom stereocenters. The van der Waals surface area contributed by atoms with Gasteiger partial charge in [-0.15, -0.1) is 0 Å². The van der Waals surface area contributed by atoms with Crippen molar-refractivity contribution in [1.82, 2.24) is 5.32 Å². The second kappa shape index (κ2) is 6.44. The van der Waals surface area contributed by atoms with Gasteiger partial charge in [-0.25, -0.2) is 18.0 Å². The Balaban J connectivity index is 2.71. The lowest BCUT2D eigenvalue weighted by Gasteiger charge is -2.14. The fraction of sp³-hybridized carbons (Fsp3) is 0.333. The Morgan fingerprint density at radius 1 is 1.33 bits per heavy atom. The molecule has 0 aliphatic rings. The maximum absolute atomic E-state index is 11.6. The lowest BCUT2D eigenvalue weighted by molar-refractivity contribution is 0.0693. The Morgan fingerprint density at radius 3 is 2.48 bits per heavy atom. The third-order valence-electron chi connectivity index (χ3n) is 2.42. The van der Waals surface area contributed by atoms with Gasteiger partial charge < -0.3 is 20.8 Å². The molecule has 0 aliphatic carbocycles. The average molecular weight is 316 g/mol. The Bertz CT molecular complexity index is 656. The van der Waals surface area contributed by atoms with Crippen molar-refractivity contribution in [3.8, 4) is 5.75 Å². The van der Waals surface area contributed by atoms with Crippen LogP contribution < -0.4 is 10.6 Å². The first-order valence-corrected chi connectivity index (χ1v) is 7.96. The number of rotatable bonds is 5. The first-order valence-electron chi connectivity index (χ1n) is 5.90. The minimum atomic E-state index is -3.22. The van der Waals surface area contributed by atoms with E-state index in [4.69, 9.17) is 5.11 Å². The molecule has 2 amide bonds. The maximum atomic E-state index is 11.6. The topological polar surface area (TPSA) is 133 Å². The van der Waals surface area contributed by atoms with Gasteiger partial charge in [0.15, 0.2) is 0 Å². The van der Waals surface area contributed by atoms with Crippen molar-refractivity contribution in [2.24, 2.45) is 0 Å². The average Bonchev–Trinajstić information content (AvgIpc) is 2.28. The third-order valence-corrected chi connectivity index (χ3v) is 3.52. The van der Waals surface area contributed by atoms with Crippen LogP contribution in [0.25, 0.3) is 0 Å². The quantitative estimate of drug-likeness (QED) is 0.589. The number of urea groups is 1. The van der Waals surface area contributed by atoms with Crippen molar-refractivity contribution in [2.45, 2.75) is 13.0 Å². The number of aromatic hydroxyl groups is 1. The molecule has 8 nitrogen and oxygen atoms in total. The van der Waals surface area contributed by atoms with Gasteiger partial charge in [-0.05, 0) is 25.1 Å². The predicted molar refractivity (Wildman–Crippen MR) is 76.4 cm³/mol. The third kappa shape index (κ3) is 5.69. The molecule has 21 heavy (non-hydrogen) atoms. The van der Waals surface area contributed by atoms with Crippen LogP contribution in [0.4, 0.5) is 10.5 Å². The predicted octanol–water partition coefficient (Wildman–Crippen LogP) is 0.645. The minimum absolute atomic E-state index is 0.161. The molecule has 0 spiro atoms. The van der Waals surface area contributed by atoms with E-state index in [1.807, 2.05) is 0 Å². The fourth-order valence-electron chi connectivity index (χ4n) is 1.67. The van der Waals surface area contributed by atoms with E-state index in [-0.39, 0.29) is 17.0 Å². The molecule has 0 fully saturated rings. The normalized spacial score (nSPS) is 12.5. The van der Waals surface area contributed by atoms with E-state index in [1.54, 1.807) is 0 Å². The summed E-state index contributed by atoms with van der Waals surface area (Å²) in [5.41, 5.74) is -0.189. The zero-order valence-electron chi connectivity index (χ0n) is 11.5. The fourth-order valence-corrected chi connectivity index (χ4v) is 2.66. The second-order valence-corrected chi connectivity index (χ2v) is 6.81. The summed E-state index contributed by atoms with van der Waals surface area (Å²) in [5.74, 6) is -1.96. The van der Waals surface area contributed by atoms with Crippen LogP contribution in [-0.4, -0.2) is 48.7 Å². The summed E-state index contributed by atoms with van der Waals surface area (Å²) in [6.45, 7) is 1.53. The van der Waals surface area contributed by atoms with E-state index in [0.717, 1.165) is 18.4 Å². The summed E-state index contributed by atoms with van der Waals surface area (Å²) in [4.78, 5) is 22.5. The molecule has 0 radical (unpaired) electrons. The molecule has 0 bridgehead atoms. The van der Waals surface area contributed by atoms with E-state index in [2.05, 4.69) is 10.6 Å². The van der Waals surface area contributed by atoms with Gasteiger partial charge in [-0.2, -0.15) is 0 Å². The molecular weight excluding hydrogens is 300 g/mol. The Labute approximate surface area is 121 Å². The Kier molecular flexibility index (Phi) is 5.14. The number of sulfone groups is 1. The maximum Gasteiger partial charge on any atom is 0.339 e. The summed E-state index contributed by atoms with van der Waals surface area (Å²) in [5, 5.41) is 22.9. The van der Waals surface area contributed by atoms with Crippen LogP contribution in [0.3, 0.4) is 0 Å². The van der Waals surface area contributed by atoms with Gasteiger partial charge in [0.05, 0.1) is 5.75 Å². The number of amides is 2. The number of phenols is 1. The Hall–Kier alpha value is -2.29. The number of hydrogen-bond donors (Lipinski definition) is 4. The van der Waals surface area contributed by atoms with Crippen molar-refractivity contribution in [3.63, 3.8) is 0 Å². The molecule has 0 heterocycles. The largest absolute Gasteiger partial charge is 0.507 e. The molecule has 1 rings (SSSR count). The van der Waals surface area contributed by atoms with Crippen LogP contribution in [0.15, 0.2) is 18.2 Å². The first kappa shape index (κ1) is 16.8. The number of aromatic carboxylic acids is 1. The molecule has 9 heteroatoms. The zero-order chi connectivity index (χ0) is 16.2. The number of benzene rings is 1. The number of carbonyl (C=O) groups excluding carboxylic acids is 1. The van der Waals surface area contributed by atoms with Crippen molar-refractivity contribution >= 4 is 27.5 Å². The molecule has 1 unspecified atom stereocenters. The molecule has 1 aromatic carbocycles. The number of hydrogen-bond acceptors (Lipinski definition) is 5. The van der Waals surface area contributed by atoms with Crippen LogP contribution in [0.2, 0.25) is 0 Å². The van der Waals surface area contributed by atoms with Gasteiger partial charge in [-0.1, -0.05) is 0 Å². The number of carboxylic acids is 1. The van der Waals surface area contributed by atoms with Crippen LogP contribution in [0, 0.1) is 0 Å². The van der Waals surface area contributed by atoms with Gasteiger partial charge in [0, 0.05) is 18.0 Å². The summed E-state index contributed by atoms with van der Waals surface area (Å²) in [6, 6.07) is 2.28. The van der Waals surface area contributed by atoms with E-state index < -0.39 is 33.6 Å². The number of carboxylic acid groups (broad SMARTS) is 1.